The number of methoxy groups -OCH3 is 2. The molecule has 0 aliphatic heterocycles. The molecule has 0 bridgehead atoms. The summed E-state index contributed by atoms with van der Waals surface area (Å²) >= 11 is 0. The van der Waals surface area contributed by atoms with Crippen molar-refractivity contribution in [2.24, 2.45) is 0 Å². The molecule has 0 heterocycles. The van der Waals surface area contributed by atoms with Gasteiger partial charge in [-0.05, 0) is 60.9 Å². The van der Waals surface area contributed by atoms with Gasteiger partial charge in [0.05, 0.1) is 38.6 Å². The average molecular weight is 585 g/mol. The minimum Gasteiger partial charge on any atom is -0.496 e. The van der Waals surface area contributed by atoms with Crippen molar-refractivity contribution in [3.05, 3.63) is 90.0 Å². The first-order valence-electron chi connectivity index (χ1n) is 14.6. The van der Waals surface area contributed by atoms with Crippen LogP contribution < -0.4 is 14.2 Å². The summed E-state index contributed by atoms with van der Waals surface area (Å²) in [7, 11) is 3.22. The van der Waals surface area contributed by atoms with E-state index in [4.69, 9.17) is 24.1 Å². The molecule has 7 nitrogen and oxygen atoms in total. The largest absolute Gasteiger partial charge is 0.496 e. The van der Waals surface area contributed by atoms with Crippen LogP contribution in [0.3, 0.4) is 0 Å². The summed E-state index contributed by atoms with van der Waals surface area (Å²) in [4.78, 5) is 22.1. The zero-order chi connectivity index (χ0) is 30.9. The quantitative estimate of drug-likeness (QED) is 0.0752. The molecule has 0 radical (unpaired) electrons. The van der Waals surface area contributed by atoms with Gasteiger partial charge in [-0.15, -0.1) is 0 Å². The zero-order valence-electron chi connectivity index (χ0n) is 25.0. The number of carbonyl (C=O) groups excluding carboxylic acids is 1. The third kappa shape index (κ3) is 10.9. The molecule has 0 spiro atoms. The fraction of sp³-hybridized carbons (Fsp3) is 0.333. The van der Waals surface area contributed by atoms with Gasteiger partial charge in [-0.3, -0.25) is 0 Å². The van der Waals surface area contributed by atoms with Gasteiger partial charge >= 0.3 is 11.9 Å². The van der Waals surface area contributed by atoms with Crippen LogP contribution in [0.25, 0.3) is 11.1 Å². The van der Waals surface area contributed by atoms with Crippen LogP contribution in [0.1, 0.15) is 72.9 Å². The fourth-order valence-corrected chi connectivity index (χ4v) is 4.47. The molecule has 0 fully saturated rings. The molecule has 0 aliphatic rings. The van der Waals surface area contributed by atoms with Crippen LogP contribution in [0.5, 0.6) is 17.2 Å². The van der Waals surface area contributed by atoms with Crippen molar-refractivity contribution in [1.82, 2.24) is 0 Å². The predicted molar refractivity (Wildman–Crippen MR) is 168 cm³/mol. The Balaban J connectivity index is 1.47. The van der Waals surface area contributed by atoms with Gasteiger partial charge < -0.3 is 24.1 Å². The van der Waals surface area contributed by atoms with Crippen LogP contribution in [0.4, 0.5) is 0 Å². The van der Waals surface area contributed by atoms with Gasteiger partial charge in [0, 0.05) is 23.3 Å². The molecule has 0 unspecified atom stereocenters. The van der Waals surface area contributed by atoms with Gasteiger partial charge in [0.25, 0.3) is 0 Å². The number of rotatable bonds is 17. The molecule has 3 rings (SSSR count). The lowest BCUT2D eigenvalue weighted by Crippen LogP contribution is -2.01. The van der Waals surface area contributed by atoms with E-state index in [1.54, 1.807) is 26.4 Å². The van der Waals surface area contributed by atoms with E-state index in [0.717, 1.165) is 49.0 Å². The first-order valence-corrected chi connectivity index (χ1v) is 14.6. The maximum atomic E-state index is 11.1. The second kappa shape index (κ2) is 18.0. The lowest BCUT2D eigenvalue weighted by atomic mass is 10.0. The van der Waals surface area contributed by atoms with Crippen molar-refractivity contribution < 1.29 is 33.6 Å². The van der Waals surface area contributed by atoms with Gasteiger partial charge in [-0.25, -0.2) is 9.59 Å². The highest BCUT2D eigenvalue weighted by Crippen LogP contribution is 2.36. The molecule has 43 heavy (non-hydrogen) atoms. The van der Waals surface area contributed by atoms with Gasteiger partial charge in [0.1, 0.15) is 17.2 Å². The summed E-state index contributed by atoms with van der Waals surface area (Å²) < 4.78 is 22.2. The Morgan fingerprint density at radius 3 is 1.95 bits per heavy atom. The normalized spacial score (nSPS) is 10.3. The minimum atomic E-state index is -0.973. The average Bonchev–Trinajstić information content (AvgIpc) is 3.04. The van der Waals surface area contributed by atoms with Crippen LogP contribution in [-0.4, -0.2) is 44.5 Å². The third-order valence-electron chi connectivity index (χ3n) is 6.88. The summed E-state index contributed by atoms with van der Waals surface area (Å²) in [6.07, 6.45) is 10.1. The van der Waals surface area contributed by atoms with E-state index >= 15 is 0 Å². The highest BCUT2D eigenvalue weighted by atomic mass is 16.5. The van der Waals surface area contributed by atoms with E-state index in [9.17, 15) is 9.59 Å². The van der Waals surface area contributed by atoms with Gasteiger partial charge in [0.2, 0.25) is 0 Å². The molecule has 0 aliphatic carbocycles. The maximum Gasteiger partial charge on any atom is 0.335 e. The van der Waals surface area contributed by atoms with Crippen molar-refractivity contribution in [3.8, 4) is 40.2 Å². The zero-order valence-corrected chi connectivity index (χ0v) is 25.0. The molecular weight excluding hydrogens is 544 g/mol. The monoisotopic (exact) mass is 584 g/mol. The number of hydrogen-bond acceptors (Lipinski definition) is 6. The van der Waals surface area contributed by atoms with Crippen LogP contribution in [-0.2, 0) is 9.53 Å². The number of benzene rings is 3. The minimum absolute atomic E-state index is 0.215. The van der Waals surface area contributed by atoms with Crippen LogP contribution in [0.2, 0.25) is 0 Å². The molecule has 0 amide bonds. The van der Waals surface area contributed by atoms with Gasteiger partial charge in [0.15, 0.2) is 0 Å². The number of carboxylic acids is 1. The van der Waals surface area contributed by atoms with E-state index in [0.29, 0.717) is 35.8 Å². The van der Waals surface area contributed by atoms with Gasteiger partial charge in [-0.2, -0.15) is 0 Å². The molecule has 3 aromatic rings. The van der Waals surface area contributed by atoms with E-state index in [1.165, 1.54) is 37.5 Å². The molecule has 7 heteroatoms. The fourth-order valence-electron chi connectivity index (χ4n) is 4.47. The SMILES string of the molecule is C=CC(=O)OCCCCCCCCCCOc1ccc(-c2cc(OC)c(C#Cc3ccc(C(=O)O)cc3)cc2OC)cc1. The summed E-state index contributed by atoms with van der Waals surface area (Å²) in [6, 6.07) is 18.1. The molecule has 0 atom stereocenters. The van der Waals surface area contributed by atoms with Crippen LogP contribution >= 0.6 is 0 Å². The lowest BCUT2D eigenvalue weighted by Gasteiger charge is -2.13. The van der Waals surface area contributed by atoms with Crippen molar-refractivity contribution in [2.45, 2.75) is 51.4 Å². The van der Waals surface area contributed by atoms with E-state index in [2.05, 4.69) is 18.4 Å². The van der Waals surface area contributed by atoms with E-state index in [-0.39, 0.29) is 11.5 Å². The summed E-state index contributed by atoms with van der Waals surface area (Å²) in [5, 5.41) is 9.08. The Hall–Kier alpha value is -4.70. The van der Waals surface area contributed by atoms with Crippen molar-refractivity contribution in [3.63, 3.8) is 0 Å². The number of aromatic carboxylic acids is 1. The Labute approximate surface area is 254 Å². The Bertz CT molecular complexity index is 1400. The van der Waals surface area contributed by atoms with Crippen LogP contribution in [0.15, 0.2) is 73.3 Å². The summed E-state index contributed by atoms with van der Waals surface area (Å²) in [5.41, 5.74) is 3.41. The second-order valence-corrected chi connectivity index (χ2v) is 9.96. The number of hydrogen-bond donors (Lipinski definition) is 1. The second-order valence-electron chi connectivity index (χ2n) is 9.96. The number of carbonyl (C=O) groups is 2. The number of esters is 1. The third-order valence-corrected chi connectivity index (χ3v) is 6.88. The van der Waals surface area contributed by atoms with Crippen molar-refractivity contribution in [2.75, 3.05) is 27.4 Å². The highest BCUT2D eigenvalue weighted by Gasteiger charge is 2.12. The molecular formula is C36H40O7. The van der Waals surface area contributed by atoms with E-state index < -0.39 is 5.97 Å². The Morgan fingerprint density at radius 1 is 0.767 bits per heavy atom. The molecule has 0 aromatic heterocycles. The van der Waals surface area contributed by atoms with Crippen LogP contribution in [0, 0.1) is 11.8 Å². The summed E-state index contributed by atoms with van der Waals surface area (Å²) in [5.74, 6) is 6.95. The first kappa shape index (κ1) is 32.8. The number of unbranched alkanes of at least 4 members (excludes halogenated alkanes) is 7. The molecule has 0 saturated carbocycles. The molecule has 3 aromatic carbocycles. The van der Waals surface area contributed by atoms with Gasteiger partial charge in [-0.1, -0.05) is 69.1 Å². The Morgan fingerprint density at radius 2 is 1.37 bits per heavy atom. The number of ether oxygens (including phenoxy) is 4. The maximum absolute atomic E-state index is 11.1. The number of carboxylic acid groups (broad SMARTS) is 1. The Kier molecular flexibility index (Phi) is 13.7. The van der Waals surface area contributed by atoms with E-state index in [1.807, 2.05) is 36.4 Å². The molecule has 226 valence electrons. The highest BCUT2D eigenvalue weighted by molar-refractivity contribution is 5.87. The summed E-state index contributed by atoms with van der Waals surface area (Å²) in [6.45, 7) is 4.54. The molecule has 1 N–H and O–H groups in total. The van der Waals surface area contributed by atoms with Crippen molar-refractivity contribution in [1.29, 1.82) is 0 Å². The lowest BCUT2D eigenvalue weighted by molar-refractivity contribution is -0.137. The van der Waals surface area contributed by atoms with Crippen molar-refractivity contribution >= 4 is 11.9 Å². The molecule has 0 saturated heterocycles. The first-order chi connectivity index (χ1) is 20.9. The smallest absolute Gasteiger partial charge is 0.335 e. The predicted octanol–water partition coefficient (Wildman–Crippen LogP) is 7.70. The standard InChI is InChI=1S/C36H40O7/c1-4-35(37)43-24-12-10-8-6-5-7-9-11-23-42-31-21-19-28(20-22-31)32-26-33(40-2)30(25-34(32)41-3)18-15-27-13-16-29(17-14-27)36(38)39/h4,13-14,16-17,19-22,25-26H,1,5-12,23-24H2,2-3H3,(H,38,39). The topological polar surface area (TPSA) is 91.3 Å².